The first-order chi connectivity index (χ1) is 29.6. The Morgan fingerprint density at radius 2 is 0.500 bits per heavy atom. The van der Waals surface area contributed by atoms with Gasteiger partial charge in [-0.15, -0.1) is 0 Å². The van der Waals surface area contributed by atoms with E-state index in [9.17, 15) is 0 Å². The van der Waals surface area contributed by atoms with Crippen molar-refractivity contribution in [1.29, 1.82) is 0 Å². The minimum atomic E-state index is 1.03. The van der Waals surface area contributed by atoms with Gasteiger partial charge in [-0.3, -0.25) is 0 Å². The van der Waals surface area contributed by atoms with Gasteiger partial charge in [-0.25, -0.2) is 0 Å². The van der Waals surface area contributed by atoms with Crippen LogP contribution in [0.5, 0.6) is 0 Å². The van der Waals surface area contributed by atoms with E-state index in [0.717, 1.165) is 55.6 Å². The lowest BCUT2D eigenvalue weighted by Crippen LogP contribution is -1.91. The molecule has 9 aromatic rings. The fourth-order valence-electron chi connectivity index (χ4n) is 8.07. The SMILES string of the molecule is C=C/C=C(\C=C)c1cccc(-c2cc(-c3cccc(-c4ccccc4)c3)cc(-c3cc(-c4cccc(-c5ccccc5)c4)cc(-c4cccc(-c5ccccc5)c4)c3)c2)c1. The molecule has 0 heterocycles. The van der Waals surface area contributed by atoms with Crippen molar-refractivity contribution < 1.29 is 0 Å². The number of hydrogen-bond donors (Lipinski definition) is 0. The van der Waals surface area contributed by atoms with Crippen LogP contribution >= 0.6 is 0 Å². The summed E-state index contributed by atoms with van der Waals surface area (Å²) >= 11 is 0. The van der Waals surface area contributed by atoms with Gasteiger partial charge in [0.2, 0.25) is 0 Å². The van der Waals surface area contributed by atoms with E-state index in [-0.39, 0.29) is 0 Å². The van der Waals surface area contributed by atoms with Gasteiger partial charge in [-0.2, -0.15) is 0 Å². The first-order valence-electron chi connectivity index (χ1n) is 20.5. The minimum Gasteiger partial charge on any atom is -0.0990 e. The van der Waals surface area contributed by atoms with Crippen LogP contribution in [0.1, 0.15) is 5.56 Å². The first kappa shape index (κ1) is 37.8. The largest absolute Gasteiger partial charge is 0.0990 e. The van der Waals surface area contributed by atoms with Crippen LogP contribution in [0.4, 0.5) is 0 Å². The summed E-state index contributed by atoms with van der Waals surface area (Å²) in [6, 6.07) is 81.4. The van der Waals surface area contributed by atoms with Gasteiger partial charge in [0.15, 0.2) is 0 Å². The third kappa shape index (κ3) is 8.27. The van der Waals surface area contributed by atoms with Crippen molar-refractivity contribution in [3.63, 3.8) is 0 Å². The van der Waals surface area contributed by atoms with Gasteiger partial charge >= 0.3 is 0 Å². The molecule has 0 aliphatic carbocycles. The molecule has 0 saturated carbocycles. The van der Waals surface area contributed by atoms with Gasteiger partial charge in [-0.1, -0.05) is 195 Å². The molecule has 0 fully saturated rings. The Hall–Kier alpha value is -7.80. The average molecular weight is 765 g/mol. The molecule has 9 aromatic carbocycles. The summed E-state index contributed by atoms with van der Waals surface area (Å²) in [6.45, 7) is 8.04. The van der Waals surface area contributed by atoms with Crippen molar-refractivity contribution in [2.75, 3.05) is 0 Å². The Bertz CT molecular complexity index is 2880. The van der Waals surface area contributed by atoms with Crippen LogP contribution in [-0.4, -0.2) is 0 Å². The van der Waals surface area contributed by atoms with E-state index >= 15 is 0 Å². The monoisotopic (exact) mass is 764 g/mol. The molecule has 0 aliphatic heterocycles. The maximum atomic E-state index is 4.09. The minimum absolute atomic E-state index is 1.03. The van der Waals surface area contributed by atoms with Crippen LogP contribution < -0.4 is 0 Å². The zero-order valence-electron chi connectivity index (χ0n) is 33.5. The second-order valence-electron chi connectivity index (χ2n) is 15.1. The van der Waals surface area contributed by atoms with Crippen molar-refractivity contribution in [2.24, 2.45) is 0 Å². The highest BCUT2D eigenvalue weighted by Gasteiger charge is 2.14. The van der Waals surface area contributed by atoms with Gasteiger partial charge in [0.1, 0.15) is 0 Å². The average Bonchev–Trinajstić information content (AvgIpc) is 3.34. The van der Waals surface area contributed by atoms with Crippen LogP contribution in [0.2, 0.25) is 0 Å². The van der Waals surface area contributed by atoms with E-state index in [1.54, 1.807) is 0 Å². The maximum absolute atomic E-state index is 4.09. The van der Waals surface area contributed by atoms with Gasteiger partial charge in [0.05, 0.1) is 0 Å². The highest BCUT2D eigenvalue weighted by atomic mass is 14.2. The zero-order valence-corrected chi connectivity index (χ0v) is 33.5. The van der Waals surface area contributed by atoms with Crippen molar-refractivity contribution in [3.8, 4) is 89.0 Å². The molecule has 0 N–H and O–H groups in total. The molecule has 60 heavy (non-hydrogen) atoms. The molecule has 0 saturated heterocycles. The highest BCUT2D eigenvalue weighted by Crippen LogP contribution is 2.40. The summed E-state index contributed by atoms with van der Waals surface area (Å²) in [4.78, 5) is 0. The van der Waals surface area contributed by atoms with E-state index in [2.05, 4.69) is 238 Å². The van der Waals surface area contributed by atoms with Crippen molar-refractivity contribution in [3.05, 3.63) is 261 Å². The lowest BCUT2D eigenvalue weighted by atomic mass is 9.88. The summed E-state index contributed by atoms with van der Waals surface area (Å²) < 4.78 is 0. The lowest BCUT2D eigenvalue weighted by Gasteiger charge is -2.16. The number of benzene rings is 9. The van der Waals surface area contributed by atoms with E-state index in [1.165, 1.54) is 44.5 Å². The molecule has 0 aromatic heterocycles. The quantitative estimate of drug-likeness (QED) is 0.115. The van der Waals surface area contributed by atoms with Crippen molar-refractivity contribution in [1.82, 2.24) is 0 Å². The van der Waals surface area contributed by atoms with Crippen LogP contribution in [-0.2, 0) is 0 Å². The summed E-state index contributed by atoms with van der Waals surface area (Å²) in [5, 5.41) is 0. The van der Waals surface area contributed by atoms with Crippen LogP contribution in [0, 0.1) is 0 Å². The van der Waals surface area contributed by atoms with Crippen LogP contribution in [0.3, 0.4) is 0 Å². The normalized spacial score (nSPS) is 11.2. The second kappa shape index (κ2) is 17.4. The third-order valence-electron chi connectivity index (χ3n) is 11.2. The third-order valence-corrected chi connectivity index (χ3v) is 11.2. The van der Waals surface area contributed by atoms with Gasteiger partial charge in [0.25, 0.3) is 0 Å². The van der Waals surface area contributed by atoms with Crippen LogP contribution in [0.25, 0.3) is 94.6 Å². The first-order valence-corrected chi connectivity index (χ1v) is 20.5. The molecule has 0 unspecified atom stereocenters. The van der Waals surface area contributed by atoms with Gasteiger partial charge in [-0.05, 0) is 161 Å². The number of allylic oxidation sites excluding steroid dienone is 4. The molecule has 0 heteroatoms. The standard InChI is InChI=1S/C60H44/c1-3-18-43(4-2)47-25-14-29-51(33-47)55-37-56(52-30-15-26-48(34-52)44-19-8-5-9-20-44)40-59(39-55)60-41-57(53-31-16-27-49(35-53)45-21-10-6-11-22-45)38-58(42-60)54-32-17-28-50(36-54)46-23-12-7-13-24-46/h3-42H,1-2H2/b43-18+. The Morgan fingerprint density at radius 1 is 0.250 bits per heavy atom. The molecule has 0 atom stereocenters. The number of rotatable bonds is 11. The molecule has 0 aliphatic rings. The van der Waals surface area contributed by atoms with Crippen molar-refractivity contribution in [2.45, 2.75) is 0 Å². The summed E-state index contributed by atoms with van der Waals surface area (Å²) in [5.74, 6) is 0. The summed E-state index contributed by atoms with van der Waals surface area (Å²) in [5.41, 5.74) is 20.8. The molecule has 0 nitrogen and oxygen atoms in total. The highest BCUT2D eigenvalue weighted by molar-refractivity contribution is 5.89. The molecular weight excluding hydrogens is 721 g/mol. The van der Waals surface area contributed by atoms with Gasteiger partial charge in [0, 0.05) is 0 Å². The Balaban J connectivity index is 1.26. The van der Waals surface area contributed by atoms with E-state index in [1.807, 2.05) is 18.2 Å². The van der Waals surface area contributed by atoms with Gasteiger partial charge < -0.3 is 0 Å². The molecular formula is C60H44. The van der Waals surface area contributed by atoms with E-state index in [4.69, 9.17) is 0 Å². The molecule has 0 spiro atoms. The molecule has 0 bridgehead atoms. The molecule has 0 amide bonds. The van der Waals surface area contributed by atoms with E-state index in [0.29, 0.717) is 0 Å². The zero-order chi connectivity index (χ0) is 40.7. The second-order valence-corrected chi connectivity index (χ2v) is 15.1. The Labute approximate surface area is 354 Å². The molecule has 9 rings (SSSR count). The Kier molecular flexibility index (Phi) is 10.9. The number of hydrogen-bond acceptors (Lipinski definition) is 0. The van der Waals surface area contributed by atoms with Crippen LogP contribution in [0.15, 0.2) is 256 Å². The lowest BCUT2D eigenvalue weighted by molar-refractivity contribution is 1.53. The fraction of sp³-hybridized carbons (Fsp3) is 0. The smallest absolute Gasteiger partial charge is 0.0171 e. The molecule has 284 valence electrons. The van der Waals surface area contributed by atoms with Crippen molar-refractivity contribution >= 4 is 5.57 Å². The summed E-state index contributed by atoms with van der Waals surface area (Å²) in [6.07, 6.45) is 5.72. The predicted octanol–water partition coefficient (Wildman–Crippen LogP) is 16.8. The molecule has 0 radical (unpaired) electrons. The fourth-order valence-corrected chi connectivity index (χ4v) is 8.07. The summed E-state index contributed by atoms with van der Waals surface area (Å²) in [7, 11) is 0. The van der Waals surface area contributed by atoms with E-state index < -0.39 is 0 Å². The topological polar surface area (TPSA) is 0 Å². The maximum Gasteiger partial charge on any atom is -0.0171 e. The predicted molar refractivity (Wildman–Crippen MR) is 258 cm³/mol. The Morgan fingerprint density at radius 3 is 0.817 bits per heavy atom.